The number of nitrogens with zero attached hydrogens (tertiary/aromatic N) is 3. The van der Waals surface area contributed by atoms with E-state index >= 15 is 0 Å². The van der Waals surface area contributed by atoms with E-state index in [1.807, 2.05) is 6.92 Å². The van der Waals surface area contributed by atoms with Crippen LogP contribution in [0.4, 0.5) is 10.1 Å². The molecular weight excluding hydrogens is 285 g/mol. The highest BCUT2D eigenvalue weighted by Gasteiger charge is 2.25. The molecule has 0 atom stereocenters. The average molecular weight is 298 g/mol. The summed E-state index contributed by atoms with van der Waals surface area (Å²) >= 11 is 6.01. The highest BCUT2D eigenvalue weighted by atomic mass is 35.5. The van der Waals surface area contributed by atoms with Crippen molar-refractivity contribution in [3.63, 3.8) is 0 Å². The maximum atomic E-state index is 13.1. The summed E-state index contributed by atoms with van der Waals surface area (Å²) in [5, 5.41) is 15.2. The van der Waals surface area contributed by atoms with Crippen molar-refractivity contribution in [2.24, 2.45) is 0 Å². The minimum Gasteiger partial charge on any atom is -0.258 e. The molecule has 0 unspecified atom stereocenters. The summed E-state index contributed by atoms with van der Waals surface area (Å²) in [6.07, 6.45) is 1.21. The minimum absolute atomic E-state index is 0.0253. The molecule has 0 spiro atoms. The molecule has 0 N–H and O–H groups in total. The number of halogens is 2. The molecule has 2 aromatic rings. The van der Waals surface area contributed by atoms with E-state index in [1.54, 1.807) is 12.1 Å². The lowest BCUT2D eigenvalue weighted by Gasteiger charge is -2.02. The summed E-state index contributed by atoms with van der Waals surface area (Å²) in [5.41, 5.74) is 0.844. The lowest BCUT2D eigenvalue weighted by Crippen LogP contribution is -2.02. The normalized spacial score (nSPS) is 10.8. The first-order valence-electron chi connectivity index (χ1n) is 6.17. The molecule has 2 rings (SSSR count). The first-order valence-corrected chi connectivity index (χ1v) is 6.54. The van der Waals surface area contributed by atoms with Crippen LogP contribution in [0.3, 0.4) is 0 Å². The van der Waals surface area contributed by atoms with Crippen LogP contribution in [0.5, 0.6) is 0 Å². The highest BCUT2D eigenvalue weighted by Crippen LogP contribution is 2.29. The molecule has 1 heterocycles. The molecule has 0 bridgehead atoms. The number of benzene rings is 1. The zero-order valence-corrected chi connectivity index (χ0v) is 11.6. The van der Waals surface area contributed by atoms with Crippen molar-refractivity contribution in [1.29, 1.82) is 0 Å². The van der Waals surface area contributed by atoms with Crippen LogP contribution in [-0.2, 0) is 13.0 Å². The molecule has 0 aliphatic rings. The molecule has 0 amide bonds. The van der Waals surface area contributed by atoms with Crippen LogP contribution in [0.1, 0.15) is 24.6 Å². The van der Waals surface area contributed by atoms with Gasteiger partial charge < -0.3 is 0 Å². The van der Waals surface area contributed by atoms with E-state index < -0.39 is 4.92 Å². The molecule has 0 fully saturated rings. The van der Waals surface area contributed by atoms with E-state index in [9.17, 15) is 14.5 Å². The number of nitro groups is 1. The van der Waals surface area contributed by atoms with Gasteiger partial charge in [0.2, 0.25) is 5.15 Å². The average Bonchev–Trinajstić information content (AvgIpc) is 2.66. The third-order valence-electron chi connectivity index (χ3n) is 2.83. The molecule has 0 aliphatic heterocycles. The van der Waals surface area contributed by atoms with E-state index in [1.165, 1.54) is 16.8 Å². The van der Waals surface area contributed by atoms with Crippen LogP contribution in [0, 0.1) is 15.9 Å². The number of hydrogen-bond acceptors (Lipinski definition) is 3. The number of hydrogen-bond donors (Lipinski definition) is 0. The Balaban J connectivity index is 2.37. The Kier molecular flexibility index (Phi) is 4.34. The Hall–Kier alpha value is -1.95. The van der Waals surface area contributed by atoms with Gasteiger partial charge in [0.1, 0.15) is 11.5 Å². The molecule has 7 heteroatoms. The summed E-state index contributed by atoms with van der Waals surface area (Å²) in [7, 11) is 0. The van der Waals surface area contributed by atoms with Gasteiger partial charge in [-0.25, -0.2) is 9.07 Å². The zero-order valence-electron chi connectivity index (χ0n) is 10.8. The molecule has 1 aromatic carbocycles. The first-order chi connectivity index (χ1) is 9.52. The predicted molar refractivity (Wildman–Crippen MR) is 73.4 cm³/mol. The number of aromatic nitrogens is 2. The topological polar surface area (TPSA) is 61.0 Å². The van der Waals surface area contributed by atoms with Crippen molar-refractivity contribution in [3.05, 3.63) is 56.6 Å². The van der Waals surface area contributed by atoms with Crippen LogP contribution in [-0.4, -0.2) is 14.7 Å². The van der Waals surface area contributed by atoms with Gasteiger partial charge in [-0.2, -0.15) is 5.10 Å². The standard InChI is InChI=1S/C13H13ClFN3O2/c1-2-4-11-12(18(19)20)13(14)17(16-11)8-9-5-3-6-10(15)7-9/h3,5-7H,2,4,8H2,1H3. The summed E-state index contributed by atoms with van der Waals surface area (Å²) in [4.78, 5) is 10.5. The van der Waals surface area contributed by atoms with E-state index in [0.717, 1.165) is 6.42 Å². The first kappa shape index (κ1) is 14.5. The van der Waals surface area contributed by atoms with Gasteiger partial charge in [-0.3, -0.25) is 10.1 Å². The minimum atomic E-state index is -0.525. The van der Waals surface area contributed by atoms with E-state index in [4.69, 9.17) is 11.6 Å². The van der Waals surface area contributed by atoms with Gasteiger partial charge >= 0.3 is 5.69 Å². The van der Waals surface area contributed by atoms with Crippen LogP contribution >= 0.6 is 11.6 Å². The molecule has 5 nitrogen and oxygen atoms in total. The fraction of sp³-hybridized carbons (Fsp3) is 0.308. The Bertz CT molecular complexity index is 643. The zero-order chi connectivity index (χ0) is 14.7. The fourth-order valence-electron chi connectivity index (χ4n) is 1.98. The molecule has 106 valence electrons. The lowest BCUT2D eigenvalue weighted by molar-refractivity contribution is -0.385. The Morgan fingerprint density at radius 2 is 2.25 bits per heavy atom. The van der Waals surface area contributed by atoms with E-state index in [2.05, 4.69) is 5.10 Å². The Labute approximate surface area is 120 Å². The van der Waals surface area contributed by atoms with E-state index in [-0.39, 0.29) is 23.2 Å². The maximum absolute atomic E-state index is 13.1. The van der Waals surface area contributed by atoms with Crippen molar-refractivity contribution < 1.29 is 9.31 Å². The molecule has 0 radical (unpaired) electrons. The number of rotatable bonds is 5. The molecule has 20 heavy (non-hydrogen) atoms. The smallest absolute Gasteiger partial charge is 0.258 e. The lowest BCUT2D eigenvalue weighted by atomic mass is 10.2. The van der Waals surface area contributed by atoms with Gasteiger partial charge in [0.25, 0.3) is 0 Å². The second kappa shape index (κ2) is 6.00. The third kappa shape index (κ3) is 2.96. The second-order valence-corrected chi connectivity index (χ2v) is 4.74. The van der Waals surface area contributed by atoms with Crippen LogP contribution in [0.15, 0.2) is 24.3 Å². The monoisotopic (exact) mass is 297 g/mol. The maximum Gasteiger partial charge on any atom is 0.329 e. The van der Waals surface area contributed by atoms with E-state index in [0.29, 0.717) is 17.7 Å². The molecule has 0 aliphatic carbocycles. The predicted octanol–water partition coefficient (Wildman–Crippen LogP) is 3.58. The quantitative estimate of drug-likeness (QED) is 0.626. The van der Waals surface area contributed by atoms with Crippen molar-refractivity contribution in [2.75, 3.05) is 0 Å². The van der Waals surface area contributed by atoms with Crippen LogP contribution < -0.4 is 0 Å². The van der Waals surface area contributed by atoms with Crippen LogP contribution in [0.25, 0.3) is 0 Å². The largest absolute Gasteiger partial charge is 0.329 e. The molecular formula is C13H13ClFN3O2. The van der Waals surface area contributed by atoms with Crippen molar-refractivity contribution in [3.8, 4) is 0 Å². The molecule has 1 aromatic heterocycles. The van der Waals surface area contributed by atoms with Gasteiger partial charge in [-0.05, 0) is 24.1 Å². The highest BCUT2D eigenvalue weighted by molar-refractivity contribution is 6.31. The molecule has 0 saturated carbocycles. The van der Waals surface area contributed by atoms with Gasteiger partial charge in [0.05, 0.1) is 11.5 Å². The fourth-order valence-corrected chi connectivity index (χ4v) is 2.25. The van der Waals surface area contributed by atoms with Crippen molar-refractivity contribution >= 4 is 17.3 Å². The molecule has 0 saturated heterocycles. The summed E-state index contributed by atoms with van der Waals surface area (Å²) < 4.78 is 14.5. The van der Waals surface area contributed by atoms with Crippen molar-refractivity contribution in [2.45, 2.75) is 26.3 Å². The number of aryl methyl sites for hydroxylation is 1. The van der Waals surface area contributed by atoms with Gasteiger partial charge in [-0.15, -0.1) is 0 Å². The van der Waals surface area contributed by atoms with Gasteiger partial charge in [0, 0.05) is 0 Å². The summed E-state index contributed by atoms with van der Waals surface area (Å²) in [6.45, 7) is 2.10. The third-order valence-corrected chi connectivity index (χ3v) is 3.20. The van der Waals surface area contributed by atoms with Gasteiger partial charge in [-0.1, -0.05) is 37.1 Å². The Morgan fingerprint density at radius 1 is 1.50 bits per heavy atom. The van der Waals surface area contributed by atoms with Crippen LogP contribution in [0.2, 0.25) is 5.15 Å². The SMILES string of the molecule is CCCc1nn(Cc2cccc(F)c2)c(Cl)c1[N+](=O)[O-]. The second-order valence-electron chi connectivity index (χ2n) is 4.38. The van der Waals surface area contributed by atoms with Gasteiger partial charge in [0.15, 0.2) is 0 Å². The summed E-state index contributed by atoms with van der Waals surface area (Å²) in [6, 6.07) is 5.97. The van der Waals surface area contributed by atoms with Crippen molar-refractivity contribution in [1.82, 2.24) is 9.78 Å². The Morgan fingerprint density at radius 3 is 2.85 bits per heavy atom. The summed E-state index contributed by atoms with van der Waals surface area (Å²) in [5.74, 6) is -0.367.